The van der Waals surface area contributed by atoms with E-state index >= 15 is 4.39 Å². The first-order valence-electron chi connectivity index (χ1n) is 10.8. The number of phenolic OH excluding ortho intramolecular Hbond substituents is 1. The van der Waals surface area contributed by atoms with Gasteiger partial charge in [-0.1, -0.05) is 12.1 Å². The quantitative estimate of drug-likeness (QED) is 0.709. The van der Waals surface area contributed by atoms with E-state index in [4.69, 9.17) is 5.73 Å². The summed E-state index contributed by atoms with van der Waals surface area (Å²) < 4.78 is 15.3. The van der Waals surface area contributed by atoms with Crippen molar-refractivity contribution in [3.63, 3.8) is 0 Å². The van der Waals surface area contributed by atoms with Crippen molar-refractivity contribution in [3.8, 4) is 17.0 Å². The van der Waals surface area contributed by atoms with Crippen molar-refractivity contribution >= 4 is 11.5 Å². The number of nitrogens with zero attached hydrogens (tertiary/aromatic N) is 4. The summed E-state index contributed by atoms with van der Waals surface area (Å²) in [7, 11) is 0. The number of piperidine rings is 1. The Labute approximate surface area is 176 Å². The van der Waals surface area contributed by atoms with Crippen molar-refractivity contribution < 1.29 is 9.50 Å². The van der Waals surface area contributed by atoms with Crippen LogP contribution in [0.4, 0.5) is 15.9 Å². The lowest BCUT2D eigenvalue weighted by molar-refractivity contribution is 0.0338. The minimum absolute atomic E-state index is 0.169. The molecule has 1 aromatic heterocycles. The number of phenols is 1. The van der Waals surface area contributed by atoms with Crippen LogP contribution in [-0.4, -0.2) is 70.7 Å². The van der Waals surface area contributed by atoms with Crippen LogP contribution in [0.3, 0.4) is 0 Å². The molecule has 3 aliphatic rings. The first kappa shape index (κ1) is 19.5. The van der Waals surface area contributed by atoms with Crippen LogP contribution < -0.4 is 16.0 Å². The maximum absolute atomic E-state index is 15.3. The van der Waals surface area contributed by atoms with Crippen molar-refractivity contribution in [2.45, 2.75) is 43.4 Å². The summed E-state index contributed by atoms with van der Waals surface area (Å²) in [4.78, 5) is 4.66. The molecule has 30 heavy (non-hydrogen) atoms. The summed E-state index contributed by atoms with van der Waals surface area (Å²) in [5.74, 6) is 0.560. The number of para-hydroxylation sites is 1. The van der Waals surface area contributed by atoms with Crippen LogP contribution >= 0.6 is 0 Å². The van der Waals surface area contributed by atoms with Gasteiger partial charge in [0, 0.05) is 37.3 Å². The van der Waals surface area contributed by atoms with Crippen LogP contribution in [0, 0.1) is 0 Å². The lowest BCUT2D eigenvalue weighted by Gasteiger charge is -2.45. The predicted octanol–water partition coefficient (Wildman–Crippen LogP) is 2.18. The van der Waals surface area contributed by atoms with Crippen molar-refractivity contribution in [1.82, 2.24) is 20.4 Å². The number of anilines is 2. The molecule has 160 valence electrons. The number of aromatic nitrogens is 2. The van der Waals surface area contributed by atoms with E-state index in [0.717, 1.165) is 44.7 Å². The molecule has 0 radical (unpaired) electrons. The van der Waals surface area contributed by atoms with E-state index in [2.05, 4.69) is 25.3 Å². The Morgan fingerprint density at radius 1 is 1.13 bits per heavy atom. The van der Waals surface area contributed by atoms with E-state index in [0.29, 0.717) is 48.5 Å². The molecule has 4 heterocycles. The molecule has 0 spiro atoms. The zero-order valence-electron chi connectivity index (χ0n) is 17.1. The van der Waals surface area contributed by atoms with E-state index in [1.54, 1.807) is 12.1 Å². The molecule has 4 N–H and O–H groups in total. The summed E-state index contributed by atoms with van der Waals surface area (Å²) in [5, 5.41) is 21.8. The molecule has 0 aliphatic carbocycles. The number of nitrogens with one attached hydrogen (secondary N) is 1. The van der Waals surface area contributed by atoms with Gasteiger partial charge >= 0.3 is 0 Å². The SMILES string of the molecule is Nc1nnc(-c2ccccc2O)cc1N1CC2CCC(C1)N2CC1(F)CCNCC1. The monoisotopic (exact) mass is 412 g/mol. The summed E-state index contributed by atoms with van der Waals surface area (Å²) >= 11 is 0. The van der Waals surface area contributed by atoms with E-state index in [1.807, 2.05) is 18.2 Å². The number of aromatic hydroxyl groups is 1. The number of nitrogens with two attached hydrogens (primary N) is 1. The fourth-order valence-corrected chi connectivity index (χ4v) is 5.27. The third kappa shape index (κ3) is 3.58. The second-order valence-electron chi connectivity index (χ2n) is 8.88. The van der Waals surface area contributed by atoms with Gasteiger partial charge in [0.2, 0.25) is 0 Å². The molecule has 2 atom stereocenters. The maximum atomic E-state index is 15.3. The van der Waals surface area contributed by atoms with Crippen molar-refractivity contribution in [2.24, 2.45) is 0 Å². The number of halogens is 1. The Kier molecular flexibility index (Phi) is 4.99. The molecular weight excluding hydrogens is 383 g/mol. The topological polar surface area (TPSA) is 90.5 Å². The Morgan fingerprint density at radius 2 is 1.83 bits per heavy atom. The number of rotatable bonds is 4. The molecule has 7 nitrogen and oxygen atoms in total. The third-order valence-corrected chi connectivity index (χ3v) is 6.92. The molecule has 2 bridgehead atoms. The number of nitrogen functional groups attached to an aromatic ring is 1. The number of hydrogen-bond acceptors (Lipinski definition) is 7. The Bertz CT molecular complexity index is 904. The molecule has 1 aromatic carbocycles. The zero-order valence-corrected chi connectivity index (χ0v) is 17.1. The highest BCUT2D eigenvalue weighted by Crippen LogP contribution is 2.38. The molecule has 2 unspecified atom stereocenters. The van der Waals surface area contributed by atoms with Gasteiger partial charge in [-0.15, -0.1) is 10.2 Å². The number of alkyl halides is 1. The summed E-state index contributed by atoms with van der Waals surface area (Å²) in [6.07, 6.45) is 3.36. The van der Waals surface area contributed by atoms with Gasteiger partial charge in [0.05, 0.1) is 11.4 Å². The van der Waals surface area contributed by atoms with Gasteiger partial charge < -0.3 is 21.1 Å². The van der Waals surface area contributed by atoms with E-state index < -0.39 is 5.67 Å². The van der Waals surface area contributed by atoms with Crippen LogP contribution in [0.1, 0.15) is 25.7 Å². The molecule has 8 heteroatoms. The van der Waals surface area contributed by atoms with Crippen LogP contribution in [0.2, 0.25) is 0 Å². The highest BCUT2D eigenvalue weighted by molar-refractivity contribution is 5.74. The lowest BCUT2D eigenvalue weighted by Crippen LogP contribution is -2.58. The summed E-state index contributed by atoms with van der Waals surface area (Å²) in [5.41, 5.74) is 7.20. The van der Waals surface area contributed by atoms with Gasteiger partial charge in [0.25, 0.3) is 0 Å². The van der Waals surface area contributed by atoms with E-state index in [1.165, 1.54) is 0 Å². The summed E-state index contributed by atoms with van der Waals surface area (Å²) in [6.45, 7) is 3.67. The van der Waals surface area contributed by atoms with Gasteiger partial charge in [-0.05, 0) is 57.0 Å². The number of benzene rings is 1. The Morgan fingerprint density at radius 3 is 2.53 bits per heavy atom. The van der Waals surface area contributed by atoms with E-state index in [-0.39, 0.29) is 5.75 Å². The van der Waals surface area contributed by atoms with Crippen LogP contribution in [0.15, 0.2) is 30.3 Å². The second kappa shape index (κ2) is 7.67. The molecule has 3 aliphatic heterocycles. The smallest absolute Gasteiger partial charge is 0.169 e. The average Bonchev–Trinajstić information content (AvgIpc) is 2.96. The second-order valence-corrected chi connectivity index (χ2v) is 8.88. The molecular formula is C22H29FN6O. The van der Waals surface area contributed by atoms with Crippen molar-refractivity contribution in [2.75, 3.05) is 43.4 Å². The molecule has 5 rings (SSSR count). The van der Waals surface area contributed by atoms with E-state index in [9.17, 15) is 5.11 Å². The first-order valence-corrected chi connectivity index (χ1v) is 10.8. The van der Waals surface area contributed by atoms with Crippen LogP contribution in [0.25, 0.3) is 11.3 Å². The standard InChI is InChI=1S/C22H29FN6O/c23-22(7-9-25-10-8-22)14-29-15-5-6-16(29)13-28(12-15)19-11-18(26-27-21(19)24)17-3-1-2-4-20(17)30/h1-4,11,15-16,25,30H,5-10,12-14H2,(H2,24,27). The van der Waals surface area contributed by atoms with Crippen molar-refractivity contribution in [3.05, 3.63) is 30.3 Å². The number of piperazine rings is 1. The fraction of sp³-hybridized carbons (Fsp3) is 0.545. The van der Waals surface area contributed by atoms with Crippen LogP contribution in [0.5, 0.6) is 5.75 Å². The van der Waals surface area contributed by atoms with Gasteiger partial charge in [-0.25, -0.2) is 4.39 Å². The maximum Gasteiger partial charge on any atom is 0.169 e. The fourth-order valence-electron chi connectivity index (χ4n) is 5.27. The highest BCUT2D eigenvalue weighted by atomic mass is 19.1. The largest absolute Gasteiger partial charge is 0.507 e. The third-order valence-electron chi connectivity index (χ3n) is 6.92. The minimum atomic E-state index is -1.08. The number of hydrogen-bond donors (Lipinski definition) is 3. The van der Waals surface area contributed by atoms with Gasteiger partial charge in [0.1, 0.15) is 11.4 Å². The lowest BCUT2D eigenvalue weighted by atomic mass is 9.92. The molecule has 2 aromatic rings. The van der Waals surface area contributed by atoms with Gasteiger partial charge in [0.15, 0.2) is 5.82 Å². The predicted molar refractivity (Wildman–Crippen MR) is 115 cm³/mol. The highest BCUT2D eigenvalue weighted by Gasteiger charge is 2.45. The zero-order chi connectivity index (χ0) is 20.7. The average molecular weight is 413 g/mol. The molecule has 3 fully saturated rings. The first-order chi connectivity index (χ1) is 14.5. The molecule has 3 saturated heterocycles. The Hall–Kier alpha value is -2.45. The van der Waals surface area contributed by atoms with Crippen molar-refractivity contribution in [1.29, 1.82) is 0 Å². The molecule has 0 amide bonds. The number of fused-ring (bicyclic) bond motifs is 2. The minimum Gasteiger partial charge on any atom is -0.507 e. The van der Waals surface area contributed by atoms with Crippen LogP contribution in [-0.2, 0) is 0 Å². The van der Waals surface area contributed by atoms with Gasteiger partial charge in [-0.2, -0.15) is 0 Å². The van der Waals surface area contributed by atoms with Gasteiger partial charge in [-0.3, -0.25) is 4.90 Å². The normalized spacial score (nSPS) is 26.1. The molecule has 0 saturated carbocycles. The summed E-state index contributed by atoms with van der Waals surface area (Å²) in [6, 6.07) is 9.66. The Balaban J connectivity index is 1.36.